The fraction of sp³-hybridized carbons (Fsp3) is 0.520. The molecule has 7 heteroatoms. The van der Waals surface area contributed by atoms with Crippen LogP contribution >= 0.6 is 0 Å². The summed E-state index contributed by atoms with van der Waals surface area (Å²) < 4.78 is 7.21. The van der Waals surface area contributed by atoms with Crippen molar-refractivity contribution in [3.63, 3.8) is 0 Å². The van der Waals surface area contributed by atoms with E-state index >= 15 is 0 Å². The minimum atomic E-state index is -0.454. The van der Waals surface area contributed by atoms with Gasteiger partial charge in [-0.25, -0.2) is 9.78 Å². The van der Waals surface area contributed by atoms with E-state index in [0.717, 1.165) is 54.5 Å². The highest BCUT2D eigenvalue weighted by molar-refractivity contribution is 5.77. The largest absolute Gasteiger partial charge is 0.444 e. The van der Waals surface area contributed by atoms with Crippen LogP contribution in [0.5, 0.6) is 0 Å². The first-order valence-electron chi connectivity index (χ1n) is 11.6. The smallest absolute Gasteiger partial charge is 0.407 e. The molecule has 0 atom stereocenters. The van der Waals surface area contributed by atoms with Gasteiger partial charge in [-0.3, -0.25) is 9.67 Å². The molecule has 1 aromatic carbocycles. The first kappa shape index (κ1) is 22.2. The minimum Gasteiger partial charge on any atom is -0.444 e. The molecule has 1 aliphatic carbocycles. The fourth-order valence-electron chi connectivity index (χ4n) is 3.71. The van der Waals surface area contributed by atoms with Crippen molar-refractivity contribution in [2.45, 2.75) is 77.4 Å². The number of benzene rings is 1. The molecule has 170 valence electrons. The summed E-state index contributed by atoms with van der Waals surface area (Å²) in [6.45, 7) is 7.11. The molecular formula is C25H33N5O2. The summed E-state index contributed by atoms with van der Waals surface area (Å²) in [7, 11) is 0. The standard InChI is InChI=1S/C25H33N5O2/c1-25(2,3)32-24(31)26-12-6-4-5-7-13-30-17-20(15-28-30)23-16-27-21-11-10-19(18-8-9-18)14-22(21)29-23/h10-11,14-18H,4-9,12-13H2,1-3H3,(H,26,31). The van der Waals surface area contributed by atoms with Gasteiger partial charge in [0.2, 0.25) is 0 Å². The van der Waals surface area contributed by atoms with E-state index < -0.39 is 5.60 Å². The van der Waals surface area contributed by atoms with Crippen molar-refractivity contribution in [3.05, 3.63) is 42.4 Å². The molecule has 2 heterocycles. The second kappa shape index (κ2) is 9.67. The molecule has 0 radical (unpaired) electrons. The van der Waals surface area contributed by atoms with Crippen LogP contribution in [0.15, 0.2) is 36.8 Å². The van der Waals surface area contributed by atoms with Crippen molar-refractivity contribution < 1.29 is 9.53 Å². The number of hydrogen-bond acceptors (Lipinski definition) is 5. The molecule has 1 amide bonds. The Balaban J connectivity index is 1.21. The molecule has 0 bridgehead atoms. The van der Waals surface area contributed by atoms with Crippen LogP contribution in [-0.4, -0.2) is 38.0 Å². The number of rotatable bonds is 9. The number of aromatic nitrogens is 4. The highest BCUT2D eigenvalue weighted by atomic mass is 16.6. The van der Waals surface area contributed by atoms with Gasteiger partial charge in [0.1, 0.15) is 5.60 Å². The number of ether oxygens (including phenoxy) is 1. The molecule has 0 saturated heterocycles. The first-order valence-corrected chi connectivity index (χ1v) is 11.6. The van der Waals surface area contributed by atoms with Crippen LogP contribution in [0.4, 0.5) is 4.79 Å². The van der Waals surface area contributed by atoms with Crippen LogP contribution in [0.25, 0.3) is 22.3 Å². The van der Waals surface area contributed by atoms with Crippen LogP contribution in [0.3, 0.4) is 0 Å². The Morgan fingerprint density at radius 3 is 2.72 bits per heavy atom. The molecule has 1 saturated carbocycles. The van der Waals surface area contributed by atoms with Crippen LogP contribution < -0.4 is 5.32 Å². The Hall–Kier alpha value is -2.96. The maximum Gasteiger partial charge on any atom is 0.407 e. The first-order chi connectivity index (χ1) is 15.4. The van der Waals surface area contributed by atoms with Crippen LogP contribution in [0, 0.1) is 0 Å². The van der Waals surface area contributed by atoms with Gasteiger partial charge in [-0.15, -0.1) is 0 Å². The van der Waals surface area contributed by atoms with Gasteiger partial charge in [-0.1, -0.05) is 18.9 Å². The number of nitrogens with one attached hydrogen (secondary N) is 1. The number of carbonyl (C=O) groups is 1. The zero-order chi connectivity index (χ0) is 22.6. The Kier molecular flexibility index (Phi) is 6.72. The second-order valence-corrected chi connectivity index (χ2v) is 9.61. The number of amides is 1. The Morgan fingerprint density at radius 1 is 1.12 bits per heavy atom. The summed E-state index contributed by atoms with van der Waals surface area (Å²) in [5, 5.41) is 7.30. The van der Waals surface area contributed by atoms with E-state index in [-0.39, 0.29) is 6.09 Å². The summed E-state index contributed by atoms with van der Waals surface area (Å²) in [6.07, 6.45) is 12.1. The van der Waals surface area contributed by atoms with Crippen molar-refractivity contribution >= 4 is 17.1 Å². The zero-order valence-electron chi connectivity index (χ0n) is 19.3. The highest BCUT2D eigenvalue weighted by Gasteiger charge is 2.23. The summed E-state index contributed by atoms with van der Waals surface area (Å²) in [6, 6.07) is 6.44. The molecule has 4 rings (SSSR count). The predicted octanol–water partition coefficient (Wildman–Crippen LogP) is 5.46. The van der Waals surface area contributed by atoms with Crippen LogP contribution in [0.2, 0.25) is 0 Å². The minimum absolute atomic E-state index is 0.345. The fourth-order valence-corrected chi connectivity index (χ4v) is 3.71. The average Bonchev–Trinajstić information content (AvgIpc) is 3.49. The third-order valence-electron chi connectivity index (χ3n) is 5.53. The average molecular weight is 436 g/mol. The quantitative estimate of drug-likeness (QED) is 0.452. The van der Waals surface area contributed by atoms with E-state index in [1.807, 2.05) is 44.0 Å². The van der Waals surface area contributed by atoms with Gasteiger partial charge in [0.05, 0.1) is 29.1 Å². The molecule has 0 spiro atoms. The lowest BCUT2D eigenvalue weighted by Crippen LogP contribution is -2.32. The van der Waals surface area contributed by atoms with Crippen molar-refractivity contribution in [2.75, 3.05) is 6.54 Å². The van der Waals surface area contributed by atoms with E-state index in [9.17, 15) is 4.79 Å². The number of hydrogen-bond donors (Lipinski definition) is 1. The van der Waals surface area contributed by atoms with Gasteiger partial charge >= 0.3 is 6.09 Å². The summed E-state index contributed by atoms with van der Waals surface area (Å²) >= 11 is 0. The van der Waals surface area contributed by atoms with Gasteiger partial charge in [0.25, 0.3) is 0 Å². The molecule has 3 aromatic rings. The lowest BCUT2D eigenvalue weighted by molar-refractivity contribution is 0.0527. The van der Waals surface area contributed by atoms with Crippen LogP contribution in [-0.2, 0) is 11.3 Å². The molecule has 0 unspecified atom stereocenters. The zero-order valence-corrected chi connectivity index (χ0v) is 19.3. The molecule has 2 aromatic heterocycles. The third kappa shape index (κ3) is 6.28. The normalized spacial score (nSPS) is 14.0. The number of nitrogens with zero attached hydrogens (tertiary/aromatic N) is 4. The number of alkyl carbamates (subject to hydrolysis) is 1. The monoisotopic (exact) mass is 435 g/mol. The Labute approximate surface area is 189 Å². The van der Waals surface area contributed by atoms with E-state index in [0.29, 0.717) is 12.5 Å². The topological polar surface area (TPSA) is 81.9 Å². The molecule has 1 aliphatic rings. The lowest BCUT2D eigenvalue weighted by atomic mass is 10.1. The SMILES string of the molecule is CC(C)(C)OC(=O)NCCCCCCn1cc(-c2cnc3ccc(C4CC4)cc3n2)cn1. The van der Waals surface area contributed by atoms with Crippen molar-refractivity contribution in [1.29, 1.82) is 0 Å². The Morgan fingerprint density at radius 2 is 1.94 bits per heavy atom. The van der Waals surface area contributed by atoms with Gasteiger partial charge in [0, 0.05) is 24.8 Å². The maximum atomic E-state index is 11.6. The number of aryl methyl sites for hydroxylation is 1. The van der Waals surface area contributed by atoms with Crippen LogP contribution in [0.1, 0.15) is 70.8 Å². The van der Waals surface area contributed by atoms with E-state index in [1.54, 1.807) is 0 Å². The molecule has 1 fully saturated rings. The highest BCUT2D eigenvalue weighted by Crippen LogP contribution is 2.40. The number of unbranched alkanes of at least 4 members (excludes halogenated alkanes) is 3. The van der Waals surface area contributed by atoms with Gasteiger partial charge in [0.15, 0.2) is 0 Å². The second-order valence-electron chi connectivity index (χ2n) is 9.61. The van der Waals surface area contributed by atoms with Gasteiger partial charge < -0.3 is 10.1 Å². The van der Waals surface area contributed by atoms with E-state index in [1.165, 1.54) is 18.4 Å². The molecule has 1 N–H and O–H groups in total. The van der Waals surface area contributed by atoms with Gasteiger partial charge in [-0.2, -0.15) is 5.10 Å². The number of fused-ring (bicyclic) bond motifs is 1. The van der Waals surface area contributed by atoms with E-state index in [4.69, 9.17) is 9.72 Å². The van der Waals surface area contributed by atoms with Gasteiger partial charge in [-0.05, 0) is 70.1 Å². The predicted molar refractivity (Wildman–Crippen MR) is 125 cm³/mol. The molecule has 32 heavy (non-hydrogen) atoms. The Bertz CT molecular complexity index is 1070. The summed E-state index contributed by atoms with van der Waals surface area (Å²) in [4.78, 5) is 21.0. The maximum absolute atomic E-state index is 11.6. The van der Waals surface area contributed by atoms with Crippen molar-refractivity contribution in [2.24, 2.45) is 0 Å². The molecule has 7 nitrogen and oxygen atoms in total. The number of carbonyl (C=O) groups excluding carboxylic acids is 1. The molecule has 0 aliphatic heterocycles. The van der Waals surface area contributed by atoms with E-state index in [2.05, 4.69) is 33.6 Å². The van der Waals surface area contributed by atoms with Crippen molar-refractivity contribution in [3.8, 4) is 11.3 Å². The summed E-state index contributed by atoms with van der Waals surface area (Å²) in [5.74, 6) is 0.709. The third-order valence-corrected chi connectivity index (χ3v) is 5.53. The van der Waals surface area contributed by atoms with Crippen molar-refractivity contribution in [1.82, 2.24) is 25.1 Å². The summed E-state index contributed by atoms with van der Waals surface area (Å²) in [5.41, 5.74) is 4.68. The lowest BCUT2D eigenvalue weighted by Gasteiger charge is -2.19. The molecular weight excluding hydrogens is 402 g/mol.